The van der Waals surface area contributed by atoms with Gasteiger partial charge < -0.3 is 0 Å². The van der Waals surface area contributed by atoms with Crippen LogP contribution >= 0.6 is 0 Å². The number of hydrogen-bond donors (Lipinski definition) is 0. The minimum atomic E-state index is 0.423. The van der Waals surface area contributed by atoms with Crippen LogP contribution in [-0.4, -0.2) is 5.71 Å². The van der Waals surface area contributed by atoms with Crippen molar-refractivity contribution in [1.29, 1.82) is 0 Å². The van der Waals surface area contributed by atoms with Crippen molar-refractivity contribution >= 4 is 11.4 Å². The predicted molar refractivity (Wildman–Crippen MR) is 63.3 cm³/mol. The van der Waals surface area contributed by atoms with Crippen molar-refractivity contribution in [2.75, 3.05) is 0 Å². The number of benzene rings is 1. The molecule has 0 aliphatic carbocycles. The average molecular weight is 187 g/mol. The second-order valence-corrected chi connectivity index (χ2v) is 3.68. The lowest BCUT2D eigenvalue weighted by molar-refractivity contribution is 0.889. The zero-order valence-electron chi connectivity index (χ0n) is 9.12. The summed E-state index contributed by atoms with van der Waals surface area (Å²) < 4.78 is 0. The fourth-order valence-electron chi connectivity index (χ4n) is 1.24. The van der Waals surface area contributed by atoms with E-state index in [0.717, 1.165) is 11.4 Å². The molecule has 1 nitrogen and oxygen atoms in total. The van der Waals surface area contributed by atoms with Gasteiger partial charge in [0.15, 0.2) is 0 Å². The molecule has 0 aliphatic rings. The van der Waals surface area contributed by atoms with Crippen LogP contribution in [0.2, 0.25) is 0 Å². The Morgan fingerprint density at radius 1 is 1.36 bits per heavy atom. The second-order valence-electron chi connectivity index (χ2n) is 3.68. The van der Waals surface area contributed by atoms with E-state index in [1.165, 1.54) is 5.56 Å². The van der Waals surface area contributed by atoms with E-state index in [1.54, 1.807) is 0 Å². The lowest BCUT2D eigenvalue weighted by atomic mass is 10.1. The summed E-state index contributed by atoms with van der Waals surface area (Å²) in [7, 11) is 0. The molecule has 0 radical (unpaired) electrons. The SMILES string of the molecule is C=C/C(=N\c1ccccc1C)C(C)C. The van der Waals surface area contributed by atoms with Crippen LogP contribution in [0.1, 0.15) is 19.4 Å². The minimum absolute atomic E-state index is 0.423. The van der Waals surface area contributed by atoms with Crippen molar-refractivity contribution in [3.05, 3.63) is 42.5 Å². The summed E-state index contributed by atoms with van der Waals surface area (Å²) in [4.78, 5) is 4.57. The number of para-hydroxylation sites is 1. The molecule has 0 spiro atoms. The highest BCUT2D eigenvalue weighted by Crippen LogP contribution is 2.18. The zero-order valence-corrected chi connectivity index (χ0v) is 9.12. The predicted octanol–water partition coefficient (Wildman–Crippen LogP) is 3.91. The molecule has 1 aromatic rings. The normalized spacial score (nSPS) is 11.9. The third kappa shape index (κ3) is 2.56. The van der Waals surface area contributed by atoms with Crippen LogP contribution in [0, 0.1) is 12.8 Å². The van der Waals surface area contributed by atoms with Gasteiger partial charge in [0.1, 0.15) is 0 Å². The molecule has 0 atom stereocenters. The number of aryl methyl sites for hydroxylation is 1. The van der Waals surface area contributed by atoms with Crippen molar-refractivity contribution in [2.24, 2.45) is 10.9 Å². The van der Waals surface area contributed by atoms with Gasteiger partial charge in [-0.05, 0) is 30.5 Å². The third-order valence-electron chi connectivity index (χ3n) is 2.17. The van der Waals surface area contributed by atoms with Crippen LogP contribution in [0.3, 0.4) is 0 Å². The number of rotatable bonds is 3. The van der Waals surface area contributed by atoms with Crippen molar-refractivity contribution in [3.8, 4) is 0 Å². The largest absolute Gasteiger partial charge is 0.253 e. The molecule has 0 heterocycles. The maximum absolute atomic E-state index is 4.57. The molecule has 1 rings (SSSR count). The molecule has 1 aromatic carbocycles. The molecule has 0 saturated heterocycles. The number of aliphatic imine (C=N–C) groups is 1. The van der Waals surface area contributed by atoms with Gasteiger partial charge in [0, 0.05) is 5.71 Å². The van der Waals surface area contributed by atoms with Crippen molar-refractivity contribution < 1.29 is 0 Å². The summed E-state index contributed by atoms with van der Waals surface area (Å²) in [6.07, 6.45) is 1.83. The molecule has 0 fully saturated rings. The Hall–Kier alpha value is -1.37. The van der Waals surface area contributed by atoms with Crippen LogP contribution in [0.25, 0.3) is 0 Å². The first kappa shape index (κ1) is 10.7. The Labute approximate surface area is 86.2 Å². The highest BCUT2D eigenvalue weighted by atomic mass is 14.7. The molecule has 0 bridgehead atoms. The summed E-state index contributed by atoms with van der Waals surface area (Å²) >= 11 is 0. The van der Waals surface area contributed by atoms with E-state index in [0.29, 0.717) is 5.92 Å². The Balaban J connectivity index is 3.06. The molecule has 74 valence electrons. The van der Waals surface area contributed by atoms with Crippen molar-refractivity contribution in [3.63, 3.8) is 0 Å². The van der Waals surface area contributed by atoms with Crippen LogP contribution < -0.4 is 0 Å². The van der Waals surface area contributed by atoms with Crippen molar-refractivity contribution in [2.45, 2.75) is 20.8 Å². The van der Waals surface area contributed by atoms with Gasteiger partial charge in [0.25, 0.3) is 0 Å². The lowest BCUT2D eigenvalue weighted by Crippen LogP contribution is -2.02. The van der Waals surface area contributed by atoms with E-state index in [2.05, 4.69) is 38.4 Å². The Bertz CT molecular complexity index is 348. The van der Waals surface area contributed by atoms with Gasteiger partial charge in [0.2, 0.25) is 0 Å². The van der Waals surface area contributed by atoms with Crippen molar-refractivity contribution in [1.82, 2.24) is 0 Å². The first-order chi connectivity index (χ1) is 6.65. The molecule has 14 heavy (non-hydrogen) atoms. The molecule has 0 unspecified atom stereocenters. The van der Waals surface area contributed by atoms with Crippen LogP contribution in [0.5, 0.6) is 0 Å². The van der Waals surface area contributed by atoms with Gasteiger partial charge in [-0.1, -0.05) is 38.6 Å². The molecule has 0 saturated carbocycles. The fourth-order valence-corrected chi connectivity index (χ4v) is 1.24. The highest BCUT2D eigenvalue weighted by Gasteiger charge is 2.01. The van der Waals surface area contributed by atoms with Gasteiger partial charge in [-0.15, -0.1) is 0 Å². The molecule has 1 heteroatoms. The highest BCUT2D eigenvalue weighted by molar-refractivity contribution is 5.97. The van der Waals surface area contributed by atoms with E-state index in [1.807, 2.05) is 24.3 Å². The Kier molecular flexibility index (Phi) is 3.63. The summed E-state index contributed by atoms with van der Waals surface area (Å²) in [6.45, 7) is 10.1. The van der Waals surface area contributed by atoms with Gasteiger partial charge >= 0.3 is 0 Å². The number of nitrogens with zero attached hydrogens (tertiary/aromatic N) is 1. The Morgan fingerprint density at radius 3 is 2.50 bits per heavy atom. The fraction of sp³-hybridized carbons (Fsp3) is 0.308. The third-order valence-corrected chi connectivity index (χ3v) is 2.17. The van der Waals surface area contributed by atoms with Crippen LogP contribution in [0.15, 0.2) is 41.9 Å². The van der Waals surface area contributed by atoms with E-state index in [9.17, 15) is 0 Å². The van der Waals surface area contributed by atoms with E-state index < -0.39 is 0 Å². The monoisotopic (exact) mass is 187 g/mol. The van der Waals surface area contributed by atoms with Gasteiger partial charge in [-0.25, -0.2) is 0 Å². The molecule has 0 aromatic heterocycles. The summed E-state index contributed by atoms with van der Waals surface area (Å²) in [5.41, 5.74) is 3.28. The maximum Gasteiger partial charge on any atom is 0.0662 e. The topological polar surface area (TPSA) is 12.4 Å². The molecule has 0 amide bonds. The van der Waals surface area contributed by atoms with Crippen LogP contribution in [-0.2, 0) is 0 Å². The standard InChI is InChI=1S/C13H17N/c1-5-12(10(2)3)14-13-9-7-6-8-11(13)4/h5-10H,1H2,2-4H3/b14-12+. The van der Waals surface area contributed by atoms with Gasteiger partial charge in [-0.2, -0.15) is 0 Å². The smallest absolute Gasteiger partial charge is 0.0662 e. The van der Waals surface area contributed by atoms with Gasteiger partial charge in [-0.3, -0.25) is 4.99 Å². The molecular weight excluding hydrogens is 170 g/mol. The lowest BCUT2D eigenvalue weighted by Gasteiger charge is -2.06. The Morgan fingerprint density at radius 2 is 2.00 bits per heavy atom. The second kappa shape index (κ2) is 4.75. The van der Waals surface area contributed by atoms with Crippen LogP contribution in [0.4, 0.5) is 5.69 Å². The molecule has 0 N–H and O–H groups in total. The molecular formula is C13H17N. The summed E-state index contributed by atoms with van der Waals surface area (Å²) in [6, 6.07) is 8.13. The van der Waals surface area contributed by atoms with Gasteiger partial charge in [0.05, 0.1) is 5.69 Å². The minimum Gasteiger partial charge on any atom is -0.253 e. The van der Waals surface area contributed by atoms with E-state index >= 15 is 0 Å². The summed E-state index contributed by atoms with van der Waals surface area (Å²) in [5, 5.41) is 0. The number of hydrogen-bond acceptors (Lipinski definition) is 1. The zero-order chi connectivity index (χ0) is 10.6. The quantitative estimate of drug-likeness (QED) is 0.636. The van der Waals surface area contributed by atoms with E-state index in [-0.39, 0.29) is 0 Å². The first-order valence-electron chi connectivity index (χ1n) is 4.91. The summed E-state index contributed by atoms with van der Waals surface area (Å²) in [5.74, 6) is 0.423. The first-order valence-corrected chi connectivity index (χ1v) is 4.91. The maximum atomic E-state index is 4.57. The van der Waals surface area contributed by atoms with E-state index in [4.69, 9.17) is 0 Å². The molecule has 0 aliphatic heterocycles. The number of allylic oxidation sites excluding steroid dienone is 1. The average Bonchev–Trinajstić information content (AvgIpc) is 2.16.